The van der Waals surface area contributed by atoms with Crippen LogP contribution in [0, 0.1) is 17.7 Å². The van der Waals surface area contributed by atoms with Gasteiger partial charge in [0.1, 0.15) is 5.82 Å². The third-order valence-corrected chi connectivity index (χ3v) is 3.97. The lowest BCUT2D eigenvalue weighted by atomic mass is 10.1. The highest BCUT2D eigenvalue weighted by atomic mass is 19.1. The van der Waals surface area contributed by atoms with Gasteiger partial charge in [0.15, 0.2) is 0 Å². The van der Waals surface area contributed by atoms with Gasteiger partial charge in [0, 0.05) is 13.1 Å². The summed E-state index contributed by atoms with van der Waals surface area (Å²) in [5.74, 6) is 0.738. The molecular formula is C16H23FN2O. The SMILES string of the molecule is CCNc1c(F)cccc1C(=O)NCC1CCC(C)C1. The number of para-hydroxylation sites is 1. The van der Waals surface area contributed by atoms with Crippen LogP contribution in [0.1, 0.15) is 43.5 Å². The Morgan fingerprint density at radius 3 is 2.85 bits per heavy atom. The van der Waals surface area contributed by atoms with E-state index in [0.717, 1.165) is 5.92 Å². The molecule has 0 spiro atoms. The summed E-state index contributed by atoms with van der Waals surface area (Å²) in [5, 5.41) is 5.87. The van der Waals surface area contributed by atoms with Crippen molar-refractivity contribution in [1.82, 2.24) is 5.32 Å². The molecule has 1 fully saturated rings. The lowest BCUT2D eigenvalue weighted by Crippen LogP contribution is -2.29. The number of carbonyl (C=O) groups is 1. The van der Waals surface area contributed by atoms with Crippen LogP contribution in [0.2, 0.25) is 0 Å². The third-order valence-electron chi connectivity index (χ3n) is 3.97. The van der Waals surface area contributed by atoms with Gasteiger partial charge in [0.05, 0.1) is 11.3 Å². The van der Waals surface area contributed by atoms with Crippen LogP contribution in [0.4, 0.5) is 10.1 Å². The minimum absolute atomic E-state index is 0.194. The fourth-order valence-electron chi connectivity index (χ4n) is 2.91. The predicted molar refractivity (Wildman–Crippen MR) is 79.4 cm³/mol. The van der Waals surface area contributed by atoms with Gasteiger partial charge in [-0.25, -0.2) is 4.39 Å². The molecule has 1 amide bonds. The number of hydrogen-bond acceptors (Lipinski definition) is 2. The molecule has 0 radical (unpaired) electrons. The second kappa shape index (κ2) is 6.73. The van der Waals surface area contributed by atoms with Crippen LogP contribution in [0.5, 0.6) is 0 Å². The number of amides is 1. The van der Waals surface area contributed by atoms with Gasteiger partial charge < -0.3 is 10.6 Å². The zero-order valence-electron chi connectivity index (χ0n) is 12.2. The number of carbonyl (C=O) groups excluding carboxylic acids is 1. The number of rotatable bonds is 5. The topological polar surface area (TPSA) is 41.1 Å². The summed E-state index contributed by atoms with van der Waals surface area (Å²) in [6.45, 7) is 5.40. The Hall–Kier alpha value is -1.58. The third kappa shape index (κ3) is 3.50. The van der Waals surface area contributed by atoms with Gasteiger partial charge in [-0.2, -0.15) is 0 Å². The van der Waals surface area contributed by atoms with Gasteiger partial charge in [-0.3, -0.25) is 4.79 Å². The molecule has 20 heavy (non-hydrogen) atoms. The van der Waals surface area contributed by atoms with Crippen LogP contribution >= 0.6 is 0 Å². The molecule has 3 nitrogen and oxygen atoms in total. The minimum Gasteiger partial charge on any atom is -0.382 e. The second-order valence-corrected chi connectivity index (χ2v) is 5.69. The Balaban J connectivity index is 2.00. The van der Waals surface area contributed by atoms with E-state index in [0.29, 0.717) is 30.3 Å². The molecule has 110 valence electrons. The standard InChI is InChI=1S/C16H23FN2O/c1-3-18-15-13(5-4-6-14(15)17)16(20)19-10-12-8-7-11(2)9-12/h4-6,11-12,18H,3,7-10H2,1-2H3,(H,19,20). The van der Waals surface area contributed by atoms with Crippen LogP contribution in [-0.4, -0.2) is 19.0 Å². The van der Waals surface area contributed by atoms with E-state index in [-0.39, 0.29) is 11.7 Å². The minimum atomic E-state index is -0.381. The average molecular weight is 278 g/mol. The largest absolute Gasteiger partial charge is 0.382 e. The Morgan fingerprint density at radius 2 is 2.20 bits per heavy atom. The first-order chi connectivity index (χ1) is 9.61. The number of benzene rings is 1. The normalized spacial score (nSPS) is 21.8. The summed E-state index contributed by atoms with van der Waals surface area (Å²) < 4.78 is 13.7. The molecule has 1 aliphatic rings. The van der Waals surface area contributed by atoms with E-state index in [1.807, 2.05) is 6.92 Å². The number of halogens is 1. The van der Waals surface area contributed by atoms with E-state index in [1.54, 1.807) is 12.1 Å². The molecule has 2 atom stereocenters. The monoisotopic (exact) mass is 278 g/mol. The van der Waals surface area contributed by atoms with Crippen LogP contribution in [0.15, 0.2) is 18.2 Å². The van der Waals surface area contributed by atoms with Gasteiger partial charge >= 0.3 is 0 Å². The van der Waals surface area contributed by atoms with Crippen LogP contribution in [-0.2, 0) is 0 Å². The first-order valence-corrected chi connectivity index (χ1v) is 7.42. The molecule has 2 unspecified atom stereocenters. The van der Waals surface area contributed by atoms with Gasteiger partial charge in [-0.15, -0.1) is 0 Å². The van der Waals surface area contributed by atoms with Crippen molar-refractivity contribution in [2.24, 2.45) is 11.8 Å². The highest BCUT2D eigenvalue weighted by molar-refractivity contribution is 5.99. The van der Waals surface area contributed by atoms with Crippen LogP contribution < -0.4 is 10.6 Å². The van der Waals surface area contributed by atoms with Crippen molar-refractivity contribution in [3.8, 4) is 0 Å². The molecule has 4 heteroatoms. The zero-order chi connectivity index (χ0) is 14.5. The van der Waals surface area contributed by atoms with Gasteiger partial charge in [-0.1, -0.05) is 19.4 Å². The molecule has 1 aromatic carbocycles. The smallest absolute Gasteiger partial charge is 0.253 e. The summed E-state index contributed by atoms with van der Waals surface area (Å²) in [6.07, 6.45) is 3.58. The maximum atomic E-state index is 13.7. The molecule has 0 aliphatic heterocycles. The molecule has 2 N–H and O–H groups in total. The van der Waals surface area contributed by atoms with E-state index in [9.17, 15) is 9.18 Å². The van der Waals surface area contributed by atoms with E-state index in [2.05, 4.69) is 17.6 Å². The first kappa shape index (κ1) is 14.8. The van der Waals surface area contributed by atoms with E-state index in [4.69, 9.17) is 0 Å². The van der Waals surface area contributed by atoms with Crippen molar-refractivity contribution in [3.05, 3.63) is 29.6 Å². The van der Waals surface area contributed by atoms with E-state index in [1.165, 1.54) is 25.3 Å². The van der Waals surface area contributed by atoms with Crippen LogP contribution in [0.25, 0.3) is 0 Å². The molecule has 0 aromatic heterocycles. The lowest BCUT2D eigenvalue weighted by molar-refractivity contribution is 0.0947. The highest BCUT2D eigenvalue weighted by Crippen LogP contribution is 2.29. The molecule has 1 aromatic rings. The summed E-state index contributed by atoms with van der Waals surface area (Å²) in [5.41, 5.74) is 0.685. The van der Waals surface area contributed by atoms with Gasteiger partial charge in [-0.05, 0) is 43.7 Å². The molecular weight excluding hydrogens is 255 g/mol. The first-order valence-electron chi connectivity index (χ1n) is 7.42. The van der Waals surface area contributed by atoms with E-state index >= 15 is 0 Å². The fourth-order valence-corrected chi connectivity index (χ4v) is 2.91. The molecule has 1 aliphatic carbocycles. The Labute approximate surface area is 120 Å². The molecule has 2 rings (SSSR count). The van der Waals surface area contributed by atoms with Crippen molar-refractivity contribution in [3.63, 3.8) is 0 Å². The summed E-state index contributed by atoms with van der Waals surface area (Å²) >= 11 is 0. The Kier molecular flexibility index (Phi) is 4.99. The van der Waals surface area contributed by atoms with Crippen molar-refractivity contribution in [2.45, 2.75) is 33.1 Å². The molecule has 0 bridgehead atoms. The maximum absolute atomic E-state index is 13.7. The van der Waals surface area contributed by atoms with Gasteiger partial charge in [0.2, 0.25) is 0 Å². The Bertz CT molecular complexity index is 476. The summed E-state index contributed by atoms with van der Waals surface area (Å²) in [4.78, 5) is 12.2. The number of hydrogen-bond donors (Lipinski definition) is 2. The maximum Gasteiger partial charge on any atom is 0.253 e. The zero-order valence-corrected chi connectivity index (χ0v) is 12.2. The summed E-state index contributed by atoms with van der Waals surface area (Å²) in [6, 6.07) is 4.60. The molecule has 0 saturated heterocycles. The van der Waals surface area contributed by atoms with Crippen molar-refractivity contribution >= 4 is 11.6 Å². The Morgan fingerprint density at radius 1 is 1.40 bits per heavy atom. The fraction of sp³-hybridized carbons (Fsp3) is 0.562. The van der Waals surface area contributed by atoms with Crippen molar-refractivity contribution < 1.29 is 9.18 Å². The highest BCUT2D eigenvalue weighted by Gasteiger charge is 2.22. The predicted octanol–water partition coefficient (Wildman–Crippen LogP) is 3.42. The van der Waals surface area contributed by atoms with E-state index < -0.39 is 0 Å². The molecule has 0 heterocycles. The lowest BCUT2D eigenvalue weighted by Gasteiger charge is -2.14. The summed E-state index contributed by atoms with van der Waals surface area (Å²) in [7, 11) is 0. The number of nitrogens with one attached hydrogen (secondary N) is 2. The molecule has 1 saturated carbocycles. The number of anilines is 1. The van der Waals surface area contributed by atoms with Gasteiger partial charge in [0.25, 0.3) is 5.91 Å². The second-order valence-electron chi connectivity index (χ2n) is 5.69. The van der Waals surface area contributed by atoms with Crippen LogP contribution in [0.3, 0.4) is 0 Å². The average Bonchev–Trinajstić information content (AvgIpc) is 2.84. The van der Waals surface area contributed by atoms with Crippen molar-refractivity contribution in [1.29, 1.82) is 0 Å². The quantitative estimate of drug-likeness (QED) is 0.866. The van der Waals surface area contributed by atoms with Crippen molar-refractivity contribution in [2.75, 3.05) is 18.4 Å².